The van der Waals surface area contributed by atoms with Crippen LogP contribution >= 0.6 is 0 Å². The second-order valence-corrected chi connectivity index (χ2v) is 3.39. The first kappa shape index (κ1) is 11.8. The van der Waals surface area contributed by atoms with Crippen molar-refractivity contribution in [1.82, 2.24) is 0 Å². The zero-order valence-corrected chi connectivity index (χ0v) is 8.25. The molecule has 92 valence electrons. The summed E-state index contributed by atoms with van der Waals surface area (Å²) >= 11 is 0. The molecule has 1 aromatic rings. The van der Waals surface area contributed by atoms with E-state index in [0.29, 0.717) is 0 Å². The molecule has 1 unspecified atom stereocenters. The van der Waals surface area contributed by atoms with Crippen LogP contribution in [0.5, 0.6) is 5.75 Å². The summed E-state index contributed by atoms with van der Waals surface area (Å²) in [6.45, 7) is -0.270. The maximum absolute atomic E-state index is 13.1. The van der Waals surface area contributed by atoms with Gasteiger partial charge in [0, 0.05) is 0 Å². The predicted molar refractivity (Wildman–Crippen MR) is 46.7 cm³/mol. The summed E-state index contributed by atoms with van der Waals surface area (Å²) in [5, 5.41) is 0. The van der Waals surface area contributed by atoms with Gasteiger partial charge in [-0.25, -0.2) is 9.18 Å². The summed E-state index contributed by atoms with van der Waals surface area (Å²) in [5.74, 6) is -9.49. The van der Waals surface area contributed by atoms with E-state index in [4.69, 9.17) is 0 Å². The van der Waals surface area contributed by atoms with Gasteiger partial charge in [-0.1, -0.05) is 6.07 Å². The van der Waals surface area contributed by atoms with Crippen molar-refractivity contribution in [3.8, 4) is 5.75 Å². The fourth-order valence-electron chi connectivity index (χ4n) is 1.12. The lowest BCUT2D eigenvalue weighted by molar-refractivity contribution is -0.164. The Morgan fingerprint density at radius 2 is 2.06 bits per heavy atom. The minimum atomic E-state index is -3.86. The highest BCUT2D eigenvalue weighted by atomic mass is 19.3. The molecule has 1 fully saturated rings. The summed E-state index contributed by atoms with van der Waals surface area (Å²) < 4.78 is 60.3. The van der Waals surface area contributed by atoms with Gasteiger partial charge in [0.25, 0.3) is 0 Å². The van der Waals surface area contributed by atoms with E-state index in [1.807, 2.05) is 0 Å². The lowest BCUT2D eigenvalue weighted by Gasteiger charge is -2.12. The van der Waals surface area contributed by atoms with Crippen LogP contribution in [0, 0.1) is 11.6 Å². The maximum Gasteiger partial charge on any atom is 0.385 e. The van der Waals surface area contributed by atoms with Crippen LogP contribution < -0.4 is 4.74 Å². The lowest BCUT2D eigenvalue weighted by atomic mass is 10.2. The molecule has 1 aliphatic rings. The van der Waals surface area contributed by atoms with Crippen LogP contribution in [0.15, 0.2) is 18.2 Å². The third kappa shape index (κ3) is 2.23. The Balaban J connectivity index is 2.15. The molecule has 17 heavy (non-hydrogen) atoms. The number of benzene rings is 1. The first-order chi connectivity index (χ1) is 7.93. The molecule has 2 rings (SSSR count). The lowest BCUT2D eigenvalue weighted by Crippen LogP contribution is -2.38. The van der Waals surface area contributed by atoms with Crippen molar-refractivity contribution in [2.24, 2.45) is 0 Å². The average molecular weight is 250 g/mol. The van der Waals surface area contributed by atoms with E-state index in [2.05, 4.69) is 9.47 Å². The Labute approximate surface area is 92.9 Å². The second kappa shape index (κ2) is 3.99. The van der Waals surface area contributed by atoms with Gasteiger partial charge in [0.2, 0.25) is 5.82 Å². The summed E-state index contributed by atoms with van der Waals surface area (Å²) in [7, 11) is 0. The molecule has 0 radical (unpaired) electrons. The van der Waals surface area contributed by atoms with Crippen LogP contribution in [0.4, 0.5) is 17.6 Å². The van der Waals surface area contributed by atoms with Gasteiger partial charge >= 0.3 is 11.9 Å². The first-order valence-corrected chi connectivity index (χ1v) is 4.58. The fourth-order valence-corrected chi connectivity index (χ4v) is 1.12. The summed E-state index contributed by atoms with van der Waals surface area (Å²) in [6, 6.07) is 2.68. The van der Waals surface area contributed by atoms with Gasteiger partial charge < -0.3 is 9.47 Å². The number of ether oxygens (including phenoxy) is 2. The smallest absolute Gasteiger partial charge is 0.385 e. The first-order valence-electron chi connectivity index (χ1n) is 4.58. The van der Waals surface area contributed by atoms with Gasteiger partial charge in [0.15, 0.2) is 17.7 Å². The third-order valence-electron chi connectivity index (χ3n) is 2.13. The van der Waals surface area contributed by atoms with Crippen LogP contribution in [0.3, 0.4) is 0 Å². The van der Waals surface area contributed by atoms with E-state index in [9.17, 15) is 22.4 Å². The molecule has 0 bridgehead atoms. The topological polar surface area (TPSA) is 38.8 Å². The number of halogens is 4. The number of epoxide rings is 1. The Kier molecular flexibility index (Phi) is 2.78. The molecular weight excluding hydrogens is 244 g/mol. The van der Waals surface area contributed by atoms with E-state index in [0.717, 1.165) is 18.2 Å². The molecule has 1 saturated heterocycles. The molecule has 3 nitrogen and oxygen atoms in total. The van der Waals surface area contributed by atoms with E-state index in [1.165, 1.54) is 0 Å². The maximum atomic E-state index is 13.1. The number of hydrogen-bond donors (Lipinski definition) is 0. The molecule has 7 heteroatoms. The van der Waals surface area contributed by atoms with Gasteiger partial charge in [0.05, 0.1) is 6.61 Å². The molecule has 0 aliphatic carbocycles. The number of carbonyl (C=O) groups is 1. The Morgan fingerprint density at radius 3 is 2.65 bits per heavy atom. The largest absolute Gasteiger partial charge is 0.419 e. The molecule has 0 amide bonds. The number of alkyl halides is 2. The van der Waals surface area contributed by atoms with Crippen molar-refractivity contribution in [2.75, 3.05) is 6.61 Å². The van der Waals surface area contributed by atoms with Crippen LogP contribution in [0.1, 0.15) is 0 Å². The van der Waals surface area contributed by atoms with Crippen LogP contribution in [-0.2, 0) is 9.53 Å². The fraction of sp³-hybridized carbons (Fsp3) is 0.300. The van der Waals surface area contributed by atoms with E-state index in [-0.39, 0.29) is 6.61 Å². The standard InChI is InChI=1S/C10H6F4O3/c11-5-2-1-3-6(8(5)12)17-9(15)10(13,14)7-4-16-7/h1-3,7H,4H2. The summed E-state index contributed by atoms with van der Waals surface area (Å²) in [4.78, 5) is 11.0. The number of carbonyl (C=O) groups excluding carboxylic acids is 1. The highest BCUT2D eigenvalue weighted by molar-refractivity contribution is 5.81. The molecule has 1 atom stereocenters. The quantitative estimate of drug-likeness (QED) is 0.356. The number of esters is 1. The SMILES string of the molecule is O=C(Oc1cccc(F)c1F)C(F)(F)C1CO1. The Bertz CT molecular complexity index is 457. The van der Waals surface area contributed by atoms with Crippen LogP contribution in [-0.4, -0.2) is 24.6 Å². The molecule has 0 spiro atoms. The van der Waals surface area contributed by atoms with Gasteiger partial charge in [-0.15, -0.1) is 0 Å². The monoisotopic (exact) mass is 250 g/mol. The van der Waals surface area contributed by atoms with E-state index in [1.54, 1.807) is 0 Å². The zero-order chi connectivity index (χ0) is 12.6. The van der Waals surface area contributed by atoms with Crippen molar-refractivity contribution in [1.29, 1.82) is 0 Å². The van der Waals surface area contributed by atoms with Crippen molar-refractivity contribution >= 4 is 5.97 Å². The average Bonchev–Trinajstić information content (AvgIpc) is 3.08. The number of rotatable bonds is 3. The molecule has 1 aliphatic heterocycles. The molecule has 0 saturated carbocycles. The normalized spacial score (nSPS) is 18.9. The van der Waals surface area contributed by atoms with Crippen molar-refractivity contribution in [3.05, 3.63) is 29.8 Å². The van der Waals surface area contributed by atoms with E-state index < -0.39 is 35.4 Å². The third-order valence-corrected chi connectivity index (χ3v) is 2.13. The van der Waals surface area contributed by atoms with Gasteiger partial charge in [0.1, 0.15) is 0 Å². The van der Waals surface area contributed by atoms with Crippen LogP contribution in [0.2, 0.25) is 0 Å². The highest BCUT2D eigenvalue weighted by Crippen LogP contribution is 2.32. The Hall–Kier alpha value is -1.63. The Morgan fingerprint density at radius 1 is 1.41 bits per heavy atom. The predicted octanol–water partition coefficient (Wildman–Crippen LogP) is 1.90. The van der Waals surface area contributed by atoms with Gasteiger partial charge in [-0.3, -0.25) is 0 Å². The van der Waals surface area contributed by atoms with Crippen molar-refractivity contribution in [2.45, 2.75) is 12.0 Å². The van der Waals surface area contributed by atoms with Crippen molar-refractivity contribution in [3.63, 3.8) is 0 Å². The summed E-state index contributed by atoms with van der Waals surface area (Å²) in [6.07, 6.45) is -1.55. The second-order valence-electron chi connectivity index (χ2n) is 3.39. The molecule has 1 heterocycles. The van der Waals surface area contributed by atoms with Crippen LogP contribution in [0.25, 0.3) is 0 Å². The minimum absolute atomic E-state index is 0.270. The van der Waals surface area contributed by atoms with Gasteiger partial charge in [-0.05, 0) is 12.1 Å². The molecule has 1 aromatic carbocycles. The minimum Gasteiger partial charge on any atom is -0.419 e. The molecule has 0 N–H and O–H groups in total. The molecular formula is C10H6F4O3. The highest BCUT2D eigenvalue weighted by Gasteiger charge is 2.56. The zero-order valence-electron chi connectivity index (χ0n) is 8.25. The van der Waals surface area contributed by atoms with Gasteiger partial charge in [-0.2, -0.15) is 13.2 Å². The van der Waals surface area contributed by atoms with Crippen molar-refractivity contribution < 1.29 is 31.8 Å². The summed E-state index contributed by atoms with van der Waals surface area (Å²) in [5.41, 5.74) is 0. The number of hydrogen-bond acceptors (Lipinski definition) is 3. The van der Waals surface area contributed by atoms with E-state index >= 15 is 0 Å². The molecule has 0 aromatic heterocycles.